The number of benzene rings is 1. The Morgan fingerprint density at radius 1 is 1.29 bits per heavy atom. The average molecular weight is 350 g/mol. The van der Waals surface area contributed by atoms with Crippen molar-refractivity contribution in [3.8, 4) is 0 Å². The van der Waals surface area contributed by atoms with Gasteiger partial charge in [-0.05, 0) is 53.5 Å². The molecule has 1 aromatic heterocycles. The molecule has 0 fully saturated rings. The predicted octanol–water partition coefficient (Wildman–Crippen LogP) is 3.62. The van der Waals surface area contributed by atoms with E-state index in [1.807, 2.05) is 0 Å². The van der Waals surface area contributed by atoms with Crippen molar-refractivity contribution in [2.45, 2.75) is 13.8 Å². The number of halogens is 1. The quantitative estimate of drug-likeness (QED) is 0.520. The van der Waals surface area contributed by atoms with Gasteiger partial charge in [0.05, 0.1) is 10.5 Å². The van der Waals surface area contributed by atoms with E-state index in [9.17, 15) is 14.9 Å². The van der Waals surface area contributed by atoms with Gasteiger partial charge in [0.15, 0.2) is 0 Å². The van der Waals surface area contributed by atoms with Crippen LogP contribution in [0.15, 0.2) is 35.1 Å². The van der Waals surface area contributed by atoms with Crippen LogP contribution < -0.4 is 5.32 Å². The third kappa shape index (κ3) is 3.43. The molecule has 2 rings (SSSR count). The van der Waals surface area contributed by atoms with Gasteiger partial charge in [-0.2, -0.15) is 0 Å². The fraction of sp³-hybridized carbons (Fsp3) is 0.143. The van der Waals surface area contributed by atoms with Crippen LogP contribution in [0, 0.1) is 24.0 Å². The smallest absolute Gasteiger partial charge is 0.272 e. The van der Waals surface area contributed by atoms with Crippen LogP contribution >= 0.6 is 15.9 Å². The van der Waals surface area contributed by atoms with Crippen LogP contribution in [0.5, 0.6) is 0 Å². The van der Waals surface area contributed by atoms with Crippen molar-refractivity contribution < 1.29 is 9.72 Å². The number of carbonyl (C=O) groups is 1. The summed E-state index contributed by atoms with van der Waals surface area (Å²) in [6.07, 6.45) is 1.45. The summed E-state index contributed by atoms with van der Waals surface area (Å²) in [7, 11) is 0. The molecule has 108 valence electrons. The highest BCUT2D eigenvalue weighted by Crippen LogP contribution is 2.26. The topological polar surface area (TPSA) is 85.1 Å². The summed E-state index contributed by atoms with van der Waals surface area (Å²) < 4.78 is 0.640. The Bertz CT molecular complexity index is 714. The molecule has 0 aliphatic rings. The number of nitrogens with zero attached hydrogens (tertiary/aromatic N) is 2. The second-order valence-electron chi connectivity index (χ2n) is 4.53. The first-order valence-corrected chi connectivity index (χ1v) is 6.86. The first-order chi connectivity index (χ1) is 9.88. The fourth-order valence-electron chi connectivity index (χ4n) is 1.84. The Labute approximate surface area is 129 Å². The van der Waals surface area contributed by atoms with Crippen molar-refractivity contribution in [2.75, 3.05) is 5.32 Å². The molecule has 0 spiro atoms. The molecule has 6 nitrogen and oxygen atoms in total. The van der Waals surface area contributed by atoms with Gasteiger partial charge in [-0.1, -0.05) is 0 Å². The van der Waals surface area contributed by atoms with Crippen LogP contribution in [-0.4, -0.2) is 15.8 Å². The molecule has 0 saturated heterocycles. The maximum atomic E-state index is 12.1. The van der Waals surface area contributed by atoms with Gasteiger partial charge in [-0.15, -0.1) is 0 Å². The average Bonchev–Trinajstić information content (AvgIpc) is 2.42. The zero-order valence-electron chi connectivity index (χ0n) is 11.4. The summed E-state index contributed by atoms with van der Waals surface area (Å²) in [5.41, 5.74) is 2.12. The monoisotopic (exact) mass is 349 g/mol. The van der Waals surface area contributed by atoms with E-state index in [4.69, 9.17) is 0 Å². The van der Waals surface area contributed by atoms with Crippen LogP contribution in [0.4, 0.5) is 11.4 Å². The summed E-state index contributed by atoms with van der Waals surface area (Å²) in [6.45, 7) is 3.34. The number of amides is 1. The highest BCUT2D eigenvalue weighted by Gasteiger charge is 2.15. The number of anilines is 1. The Morgan fingerprint density at radius 3 is 2.57 bits per heavy atom. The molecule has 0 atom stereocenters. The first-order valence-electron chi connectivity index (χ1n) is 6.07. The molecule has 1 aromatic carbocycles. The predicted molar refractivity (Wildman–Crippen MR) is 82.5 cm³/mol. The van der Waals surface area contributed by atoms with Crippen LogP contribution in [0.1, 0.15) is 21.5 Å². The molecule has 1 amide bonds. The lowest BCUT2D eigenvalue weighted by Crippen LogP contribution is -2.13. The lowest BCUT2D eigenvalue weighted by molar-refractivity contribution is -0.385. The van der Waals surface area contributed by atoms with Crippen LogP contribution in [0.2, 0.25) is 0 Å². The van der Waals surface area contributed by atoms with Gasteiger partial charge in [0.2, 0.25) is 0 Å². The van der Waals surface area contributed by atoms with Crippen LogP contribution in [0.3, 0.4) is 0 Å². The van der Waals surface area contributed by atoms with E-state index in [0.717, 1.165) is 0 Å². The molecule has 1 N–H and O–H groups in total. The lowest BCUT2D eigenvalue weighted by atomic mass is 10.1. The van der Waals surface area contributed by atoms with Crippen molar-refractivity contribution in [1.29, 1.82) is 0 Å². The summed E-state index contributed by atoms with van der Waals surface area (Å²) in [5.74, 6) is -0.314. The number of hydrogen-bond acceptors (Lipinski definition) is 4. The fourth-order valence-corrected chi connectivity index (χ4v) is 2.07. The second-order valence-corrected chi connectivity index (χ2v) is 5.35. The minimum Gasteiger partial charge on any atom is -0.322 e. The van der Waals surface area contributed by atoms with Crippen LogP contribution in [-0.2, 0) is 0 Å². The third-order valence-corrected chi connectivity index (χ3v) is 3.45. The van der Waals surface area contributed by atoms with E-state index in [1.165, 1.54) is 12.3 Å². The van der Waals surface area contributed by atoms with E-state index in [2.05, 4.69) is 26.2 Å². The number of carbonyl (C=O) groups excluding carboxylic acids is 1. The zero-order chi connectivity index (χ0) is 15.6. The number of nitrogens with one attached hydrogen (secondary N) is 1. The maximum absolute atomic E-state index is 12.1. The number of hydrogen-bond donors (Lipinski definition) is 1. The number of aryl methyl sites for hydroxylation is 2. The molecule has 0 bridgehead atoms. The van der Waals surface area contributed by atoms with Gasteiger partial charge in [-0.3, -0.25) is 14.9 Å². The van der Waals surface area contributed by atoms with E-state index in [1.54, 1.807) is 32.0 Å². The van der Waals surface area contributed by atoms with E-state index in [-0.39, 0.29) is 11.6 Å². The molecule has 21 heavy (non-hydrogen) atoms. The lowest BCUT2D eigenvalue weighted by Gasteiger charge is -2.09. The Morgan fingerprint density at radius 2 is 2.00 bits per heavy atom. The van der Waals surface area contributed by atoms with Gasteiger partial charge in [0, 0.05) is 23.5 Å². The number of aromatic nitrogens is 1. The molecular weight excluding hydrogens is 338 g/mol. The van der Waals surface area contributed by atoms with Crippen molar-refractivity contribution >= 4 is 33.2 Å². The van der Waals surface area contributed by atoms with Gasteiger partial charge in [0.25, 0.3) is 11.6 Å². The number of nitro groups is 1. The maximum Gasteiger partial charge on any atom is 0.272 e. The Balaban J connectivity index is 2.27. The van der Waals surface area contributed by atoms with Crippen molar-refractivity contribution in [3.05, 3.63) is 61.9 Å². The number of rotatable bonds is 3. The zero-order valence-corrected chi connectivity index (χ0v) is 13.0. The molecule has 7 heteroatoms. The Kier molecular flexibility index (Phi) is 4.32. The highest BCUT2D eigenvalue weighted by molar-refractivity contribution is 9.10. The molecular formula is C14H12BrN3O3. The minimum absolute atomic E-state index is 0.0378. The molecule has 1 heterocycles. The second kappa shape index (κ2) is 6.01. The summed E-state index contributed by atoms with van der Waals surface area (Å²) in [5, 5.41) is 13.6. The van der Waals surface area contributed by atoms with Gasteiger partial charge < -0.3 is 5.32 Å². The van der Waals surface area contributed by atoms with E-state index < -0.39 is 4.92 Å². The minimum atomic E-state index is -0.438. The van der Waals surface area contributed by atoms with Gasteiger partial charge in [-0.25, -0.2) is 4.98 Å². The molecule has 0 unspecified atom stereocenters. The Hall–Kier alpha value is -2.28. The van der Waals surface area contributed by atoms with Gasteiger partial charge >= 0.3 is 0 Å². The number of nitro benzene ring substituents is 1. The largest absolute Gasteiger partial charge is 0.322 e. The van der Waals surface area contributed by atoms with Gasteiger partial charge in [0.1, 0.15) is 4.60 Å². The third-order valence-electron chi connectivity index (χ3n) is 2.98. The SMILES string of the molecule is Cc1cc([N+](=O)[O-])c(C)cc1NC(=O)c1ccc(Br)nc1. The molecule has 0 radical (unpaired) electrons. The highest BCUT2D eigenvalue weighted by atomic mass is 79.9. The molecule has 0 aliphatic heterocycles. The van der Waals surface area contributed by atoms with Crippen molar-refractivity contribution in [3.63, 3.8) is 0 Å². The summed E-state index contributed by atoms with van der Waals surface area (Å²) in [4.78, 5) is 26.5. The first kappa shape index (κ1) is 15.1. The molecule has 2 aromatic rings. The van der Waals surface area contributed by atoms with Crippen molar-refractivity contribution in [2.24, 2.45) is 0 Å². The standard InChI is InChI=1S/C14H12BrN3O3/c1-8-6-12(18(20)21)9(2)5-11(8)17-14(19)10-3-4-13(15)16-7-10/h3-7H,1-2H3,(H,17,19). The molecule has 0 aliphatic carbocycles. The number of pyridine rings is 1. The van der Waals surface area contributed by atoms with Crippen LogP contribution in [0.25, 0.3) is 0 Å². The van der Waals surface area contributed by atoms with E-state index in [0.29, 0.717) is 27.0 Å². The molecule has 0 saturated carbocycles. The van der Waals surface area contributed by atoms with E-state index >= 15 is 0 Å². The normalized spacial score (nSPS) is 10.2. The van der Waals surface area contributed by atoms with Crippen molar-refractivity contribution in [1.82, 2.24) is 4.98 Å². The summed E-state index contributed by atoms with van der Waals surface area (Å²) >= 11 is 3.20. The summed E-state index contributed by atoms with van der Waals surface area (Å²) in [6, 6.07) is 6.35.